The number of carbonyl (C=O) groups excluding carboxylic acids is 2. The average molecular weight is 425 g/mol. The number of halogens is 2. The van der Waals surface area contributed by atoms with Gasteiger partial charge in [-0.25, -0.2) is 0 Å². The minimum atomic E-state index is -0.601. The van der Waals surface area contributed by atoms with E-state index in [9.17, 15) is 9.59 Å². The van der Waals surface area contributed by atoms with Crippen LogP contribution in [0.15, 0.2) is 45.0 Å². The Labute approximate surface area is 169 Å². The highest BCUT2D eigenvalue weighted by Crippen LogP contribution is 2.27. The molecular weight excluding hydrogens is 411 g/mol. The van der Waals surface area contributed by atoms with Gasteiger partial charge in [0, 0.05) is 11.4 Å². The molecule has 1 aliphatic heterocycles. The molecule has 0 radical (unpaired) electrons. The summed E-state index contributed by atoms with van der Waals surface area (Å²) in [6.45, 7) is 1.82. The van der Waals surface area contributed by atoms with Crippen LogP contribution >= 0.6 is 35.0 Å². The Balaban J connectivity index is 1.56. The summed E-state index contributed by atoms with van der Waals surface area (Å²) in [5, 5.41) is 13.6. The molecule has 27 heavy (non-hydrogen) atoms. The quantitative estimate of drug-likeness (QED) is 0.562. The molecule has 1 atom stereocenters. The molecular formula is C17H14Cl2N4O3S. The molecule has 0 saturated carbocycles. The monoisotopic (exact) mass is 424 g/mol. The summed E-state index contributed by atoms with van der Waals surface area (Å²) in [5.74, 6) is 0.671. The van der Waals surface area contributed by atoms with E-state index in [1.807, 2.05) is 13.0 Å². The predicted octanol–water partition coefficient (Wildman–Crippen LogP) is 3.85. The van der Waals surface area contributed by atoms with Gasteiger partial charge in [-0.2, -0.15) is 5.10 Å². The summed E-state index contributed by atoms with van der Waals surface area (Å²) in [4.78, 5) is 24.2. The summed E-state index contributed by atoms with van der Waals surface area (Å²) in [6, 6.07) is 8.31. The number of furan rings is 1. The summed E-state index contributed by atoms with van der Waals surface area (Å²) in [5.41, 5.74) is 0.432. The molecule has 0 bridgehead atoms. The molecule has 2 N–H and O–H groups in total. The summed E-state index contributed by atoms with van der Waals surface area (Å²) in [7, 11) is 0. The molecule has 10 heteroatoms. The van der Waals surface area contributed by atoms with E-state index >= 15 is 0 Å². The molecule has 3 rings (SSSR count). The van der Waals surface area contributed by atoms with Crippen LogP contribution in [0.1, 0.15) is 17.9 Å². The number of aryl methyl sites for hydroxylation is 1. The van der Waals surface area contributed by atoms with Gasteiger partial charge in [-0.15, -0.1) is 5.10 Å². The van der Waals surface area contributed by atoms with Crippen molar-refractivity contribution in [3.05, 3.63) is 51.9 Å². The van der Waals surface area contributed by atoms with Gasteiger partial charge in [0.2, 0.25) is 11.8 Å². The zero-order valence-electron chi connectivity index (χ0n) is 14.0. The lowest BCUT2D eigenvalue weighted by Gasteiger charge is -2.09. The number of amidine groups is 1. The minimum absolute atomic E-state index is 0.0322. The topological polar surface area (TPSA) is 96.1 Å². The highest BCUT2D eigenvalue weighted by atomic mass is 35.5. The first kappa shape index (κ1) is 19.5. The number of benzene rings is 1. The largest absolute Gasteiger partial charge is 0.460 e. The standard InChI is InChI=1S/C17H14Cl2N4O3S/c1-9-2-4-11(26-9)8-20-23-17-22-16(25)14(27-17)7-15(24)21-13-5-3-10(18)6-12(13)19/h2-6,8,14H,7H2,1H3,(H,21,24)(H,22,23,25)/b20-8-/t14-/m1/s1. The maximum absolute atomic E-state index is 12.2. The Morgan fingerprint density at radius 3 is 2.89 bits per heavy atom. The van der Waals surface area contributed by atoms with Crippen LogP contribution in [0.3, 0.4) is 0 Å². The Hall–Kier alpha value is -2.29. The molecule has 1 aliphatic rings. The van der Waals surface area contributed by atoms with Gasteiger partial charge in [-0.1, -0.05) is 35.0 Å². The molecule has 1 aromatic carbocycles. The fraction of sp³-hybridized carbons (Fsp3) is 0.176. The molecule has 1 fully saturated rings. The Morgan fingerprint density at radius 2 is 2.19 bits per heavy atom. The number of thioether (sulfide) groups is 1. The van der Waals surface area contributed by atoms with Crippen LogP contribution < -0.4 is 10.6 Å². The van der Waals surface area contributed by atoms with Crippen LogP contribution in [0.25, 0.3) is 0 Å². The second-order valence-corrected chi connectivity index (χ2v) is 7.61. The Bertz CT molecular complexity index is 942. The first-order valence-corrected chi connectivity index (χ1v) is 9.44. The second-order valence-electron chi connectivity index (χ2n) is 5.57. The highest BCUT2D eigenvalue weighted by molar-refractivity contribution is 8.15. The van der Waals surface area contributed by atoms with Gasteiger partial charge in [0.15, 0.2) is 5.17 Å². The third-order valence-corrected chi connectivity index (χ3v) is 5.07. The zero-order valence-corrected chi connectivity index (χ0v) is 16.4. The normalized spacial score (nSPS) is 18.3. The van der Waals surface area contributed by atoms with Crippen LogP contribution in [0.4, 0.5) is 5.69 Å². The zero-order chi connectivity index (χ0) is 19.4. The molecule has 0 spiro atoms. The minimum Gasteiger partial charge on any atom is -0.460 e. The molecule has 2 aromatic rings. The van der Waals surface area contributed by atoms with E-state index < -0.39 is 5.25 Å². The number of carbonyl (C=O) groups is 2. The van der Waals surface area contributed by atoms with E-state index in [0.717, 1.165) is 17.5 Å². The number of hydrogen-bond acceptors (Lipinski definition) is 6. The number of rotatable bonds is 5. The summed E-state index contributed by atoms with van der Waals surface area (Å²) >= 11 is 13.0. The van der Waals surface area contributed by atoms with Crippen LogP contribution in [-0.4, -0.2) is 28.4 Å². The van der Waals surface area contributed by atoms with E-state index in [2.05, 4.69) is 20.8 Å². The van der Waals surface area contributed by atoms with Crippen molar-refractivity contribution >= 4 is 63.8 Å². The lowest BCUT2D eigenvalue weighted by Crippen LogP contribution is -2.28. The average Bonchev–Trinajstić information content (AvgIpc) is 3.16. The molecule has 2 amide bonds. The van der Waals surface area contributed by atoms with Gasteiger partial charge >= 0.3 is 0 Å². The van der Waals surface area contributed by atoms with E-state index in [4.69, 9.17) is 27.6 Å². The smallest absolute Gasteiger partial charge is 0.240 e. The number of nitrogens with one attached hydrogen (secondary N) is 2. The molecule has 140 valence electrons. The summed E-state index contributed by atoms with van der Waals surface area (Å²) < 4.78 is 5.33. The molecule has 0 aliphatic carbocycles. The van der Waals surface area contributed by atoms with Crippen molar-refractivity contribution in [1.82, 2.24) is 5.32 Å². The van der Waals surface area contributed by atoms with Crippen molar-refractivity contribution < 1.29 is 14.0 Å². The maximum Gasteiger partial charge on any atom is 0.240 e. The molecule has 2 heterocycles. The van der Waals surface area contributed by atoms with Crippen molar-refractivity contribution in [2.45, 2.75) is 18.6 Å². The van der Waals surface area contributed by atoms with Crippen molar-refractivity contribution in [2.24, 2.45) is 10.2 Å². The van der Waals surface area contributed by atoms with Crippen LogP contribution in [0, 0.1) is 6.92 Å². The first-order valence-electron chi connectivity index (χ1n) is 7.80. The molecule has 1 aromatic heterocycles. The van der Waals surface area contributed by atoms with Gasteiger partial charge in [0.25, 0.3) is 0 Å². The fourth-order valence-electron chi connectivity index (χ4n) is 2.21. The van der Waals surface area contributed by atoms with E-state index in [0.29, 0.717) is 26.7 Å². The second kappa shape index (κ2) is 8.60. The van der Waals surface area contributed by atoms with Crippen LogP contribution in [0.5, 0.6) is 0 Å². The van der Waals surface area contributed by atoms with Gasteiger partial charge in [-0.3, -0.25) is 9.59 Å². The molecule has 0 unspecified atom stereocenters. The van der Waals surface area contributed by atoms with Crippen molar-refractivity contribution in [1.29, 1.82) is 0 Å². The lowest BCUT2D eigenvalue weighted by molar-refractivity contribution is -0.122. The van der Waals surface area contributed by atoms with E-state index in [-0.39, 0.29) is 18.2 Å². The number of anilines is 1. The van der Waals surface area contributed by atoms with Crippen molar-refractivity contribution in [3.63, 3.8) is 0 Å². The van der Waals surface area contributed by atoms with Gasteiger partial charge in [0.05, 0.1) is 16.9 Å². The Morgan fingerprint density at radius 1 is 1.37 bits per heavy atom. The highest BCUT2D eigenvalue weighted by Gasteiger charge is 2.32. The molecule has 1 saturated heterocycles. The fourth-order valence-corrected chi connectivity index (χ4v) is 3.59. The van der Waals surface area contributed by atoms with E-state index in [1.54, 1.807) is 18.2 Å². The molecule has 7 nitrogen and oxygen atoms in total. The van der Waals surface area contributed by atoms with Crippen molar-refractivity contribution in [2.75, 3.05) is 5.32 Å². The van der Waals surface area contributed by atoms with Crippen LogP contribution in [-0.2, 0) is 9.59 Å². The number of hydrogen-bond donors (Lipinski definition) is 2. The van der Waals surface area contributed by atoms with Gasteiger partial charge < -0.3 is 15.1 Å². The lowest BCUT2D eigenvalue weighted by atomic mass is 10.2. The van der Waals surface area contributed by atoms with E-state index in [1.165, 1.54) is 12.3 Å². The number of nitrogens with zero attached hydrogens (tertiary/aromatic N) is 2. The third kappa shape index (κ3) is 5.35. The summed E-state index contributed by atoms with van der Waals surface area (Å²) in [6.07, 6.45) is 1.41. The van der Waals surface area contributed by atoms with Gasteiger partial charge in [0.1, 0.15) is 16.8 Å². The third-order valence-electron chi connectivity index (χ3n) is 3.45. The maximum atomic E-state index is 12.2. The van der Waals surface area contributed by atoms with Gasteiger partial charge in [-0.05, 0) is 37.3 Å². The SMILES string of the molecule is Cc1ccc(/C=N\N=C2/NC(=O)[C@@H](CC(=O)Nc3ccc(Cl)cc3Cl)S2)o1. The van der Waals surface area contributed by atoms with Crippen molar-refractivity contribution in [3.8, 4) is 0 Å². The first-order chi connectivity index (χ1) is 12.9. The van der Waals surface area contributed by atoms with Crippen LogP contribution in [0.2, 0.25) is 10.0 Å². The predicted molar refractivity (Wildman–Crippen MR) is 108 cm³/mol. The Kier molecular flexibility index (Phi) is 6.20. The number of amides is 2.